The smallest absolute Gasteiger partial charge is 0.319 e. The van der Waals surface area contributed by atoms with Gasteiger partial charge in [-0.15, -0.1) is 0 Å². The molecule has 0 atom stereocenters. The number of amides is 2. The summed E-state index contributed by atoms with van der Waals surface area (Å²) in [6, 6.07) is 9.29. The number of nitrogens with one attached hydrogen (secondary N) is 2. The van der Waals surface area contributed by atoms with E-state index in [-0.39, 0.29) is 6.03 Å². The Balaban J connectivity index is 2.25. The zero-order valence-electron chi connectivity index (χ0n) is 9.29. The van der Waals surface area contributed by atoms with Crippen LogP contribution < -0.4 is 10.6 Å². The molecule has 0 aliphatic heterocycles. The number of anilines is 1. The van der Waals surface area contributed by atoms with Crippen LogP contribution in [-0.4, -0.2) is 12.6 Å². The Morgan fingerprint density at radius 1 is 1.27 bits per heavy atom. The minimum absolute atomic E-state index is 0.137. The van der Waals surface area contributed by atoms with Crippen LogP contribution in [0.25, 0.3) is 0 Å². The molecule has 0 aromatic heterocycles. The summed E-state index contributed by atoms with van der Waals surface area (Å²) in [5, 5.41) is 5.58. The monoisotopic (exact) mass is 206 g/mol. The highest BCUT2D eigenvalue weighted by atomic mass is 16.2. The quantitative estimate of drug-likeness (QED) is 0.781. The topological polar surface area (TPSA) is 41.1 Å². The fourth-order valence-electron chi connectivity index (χ4n) is 1.17. The fraction of sp³-hybridized carbons (Fsp3) is 0.417. The molecule has 0 spiro atoms. The van der Waals surface area contributed by atoms with Crippen molar-refractivity contribution in [3.63, 3.8) is 0 Å². The first-order chi connectivity index (χ1) is 7.18. The first-order valence-electron chi connectivity index (χ1n) is 5.28. The summed E-state index contributed by atoms with van der Waals surface area (Å²) < 4.78 is 0. The Kier molecular flexibility index (Phi) is 4.68. The zero-order chi connectivity index (χ0) is 11.1. The highest BCUT2D eigenvalue weighted by Crippen LogP contribution is 2.04. The molecule has 0 saturated heterocycles. The first kappa shape index (κ1) is 11.6. The Hall–Kier alpha value is -1.51. The number of carbonyl (C=O) groups is 1. The van der Waals surface area contributed by atoms with Gasteiger partial charge in [-0.3, -0.25) is 0 Å². The van der Waals surface area contributed by atoms with Crippen LogP contribution in [0.3, 0.4) is 0 Å². The van der Waals surface area contributed by atoms with E-state index in [0.29, 0.717) is 5.92 Å². The van der Waals surface area contributed by atoms with E-state index in [9.17, 15) is 4.79 Å². The lowest BCUT2D eigenvalue weighted by molar-refractivity contribution is 0.251. The van der Waals surface area contributed by atoms with Crippen molar-refractivity contribution in [2.75, 3.05) is 11.9 Å². The summed E-state index contributed by atoms with van der Waals surface area (Å²) >= 11 is 0. The lowest BCUT2D eigenvalue weighted by Crippen LogP contribution is -2.30. The molecule has 0 aliphatic rings. The van der Waals surface area contributed by atoms with Crippen LogP contribution in [0.1, 0.15) is 20.3 Å². The molecule has 0 saturated carbocycles. The van der Waals surface area contributed by atoms with E-state index in [2.05, 4.69) is 24.5 Å². The van der Waals surface area contributed by atoms with Gasteiger partial charge in [0.25, 0.3) is 0 Å². The van der Waals surface area contributed by atoms with Gasteiger partial charge in [0.15, 0.2) is 0 Å². The van der Waals surface area contributed by atoms with E-state index in [1.807, 2.05) is 30.3 Å². The highest BCUT2D eigenvalue weighted by molar-refractivity contribution is 5.89. The van der Waals surface area contributed by atoms with Gasteiger partial charge in [-0.05, 0) is 24.5 Å². The molecular weight excluding hydrogens is 188 g/mol. The molecule has 1 aromatic rings. The van der Waals surface area contributed by atoms with Crippen LogP contribution in [0.15, 0.2) is 30.3 Å². The third-order valence-corrected chi connectivity index (χ3v) is 2.04. The van der Waals surface area contributed by atoms with E-state index < -0.39 is 0 Å². The van der Waals surface area contributed by atoms with Crippen molar-refractivity contribution in [1.29, 1.82) is 0 Å². The van der Waals surface area contributed by atoms with Gasteiger partial charge in [-0.2, -0.15) is 0 Å². The van der Waals surface area contributed by atoms with Crippen LogP contribution in [0.2, 0.25) is 0 Å². The summed E-state index contributed by atoms with van der Waals surface area (Å²) in [4.78, 5) is 11.4. The highest BCUT2D eigenvalue weighted by Gasteiger charge is 2.00. The standard InChI is InChI=1S/C12H18N2O/c1-10(2)8-9-13-12(15)14-11-6-4-3-5-7-11/h3-7,10H,8-9H2,1-2H3,(H2,13,14,15). The maximum atomic E-state index is 11.4. The predicted octanol–water partition coefficient (Wildman–Crippen LogP) is 2.85. The van der Waals surface area contributed by atoms with Crippen molar-refractivity contribution in [3.8, 4) is 0 Å². The van der Waals surface area contributed by atoms with Gasteiger partial charge in [-0.1, -0.05) is 32.0 Å². The molecule has 0 radical (unpaired) electrons. The first-order valence-corrected chi connectivity index (χ1v) is 5.28. The summed E-state index contributed by atoms with van der Waals surface area (Å²) in [6.07, 6.45) is 1.00. The number of rotatable bonds is 4. The second-order valence-electron chi connectivity index (χ2n) is 3.93. The van der Waals surface area contributed by atoms with E-state index in [1.54, 1.807) is 0 Å². The third-order valence-electron chi connectivity index (χ3n) is 2.04. The molecule has 1 rings (SSSR count). The maximum Gasteiger partial charge on any atom is 0.319 e. The normalized spacial score (nSPS) is 10.1. The van der Waals surface area contributed by atoms with Gasteiger partial charge >= 0.3 is 6.03 Å². The number of benzene rings is 1. The number of hydrogen-bond acceptors (Lipinski definition) is 1. The Labute approximate surface area is 90.9 Å². The van der Waals surface area contributed by atoms with Gasteiger partial charge in [-0.25, -0.2) is 4.79 Å². The molecule has 2 N–H and O–H groups in total. The second kappa shape index (κ2) is 6.06. The van der Waals surface area contributed by atoms with E-state index in [1.165, 1.54) is 0 Å². The molecule has 0 fully saturated rings. The molecule has 15 heavy (non-hydrogen) atoms. The fourth-order valence-corrected chi connectivity index (χ4v) is 1.17. The van der Waals surface area contributed by atoms with Gasteiger partial charge in [0.1, 0.15) is 0 Å². The van der Waals surface area contributed by atoms with Crippen LogP contribution in [0.4, 0.5) is 10.5 Å². The minimum atomic E-state index is -0.137. The molecule has 82 valence electrons. The average molecular weight is 206 g/mol. The molecule has 0 aliphatic carbocycles. The molecular formula is C12H18N2O. The third kappa shape index (κ3) is 5.05. The van der Waals surface area contributed by atoms with E-state index >= 15 is 0 Å². The number of para-hydroxylation sites is 1. The molecule has 0 unspecified atom stereocenters. The van der Waals surface area contributed by atoms with Gasteiger partial charge in [0, 0.05) is 12.2 Å². The minimum Gasteiger partial charge on any atom is -0.338 e. The zero-order valence-corrected chi connectivity index (χ0v) is 9.29. The van der Waals surface area contributed by atoms with Crippen LogP contribution in [0, 0.1) is 5.92 Å². The van der Waals surface area contributed by atoms with Crippen LogP contribution in [0.5, 0.6) is 0 Å². The van der Waals surface area contributed by atoms with Gasteiger partial charge in [0.05, 0.1) is 0 Å². The van der Waals surface area contributed by atoms with Crippen molar-refractivity contribution in [2.45, 2.75) is 20.3 Å². The van der Waals surface area contributed by atoms with Gasteiger partial charge < -0.3 is 10.6 Å². The molecule has 0 bridgehead atoms. The van der Waals surface area contributed by atoms with Crippen molar-refractivity contribution in [3.05, 3.63) is 30.3 Å². The SMILES string of the molecule is CC(C)CCNC(=O)Nc1ccccc1. The summed E-state index contributed by atoms with van der Waals surface area (Å²) in [7, 11) is 0. The summed E-state index contributed by atoms with van der Waals surface area (Å²) in [5.41, 5.74) is 0.819. The van der Waals surface area contributed by atoms with Crippen molar-refractivity contribution in [1.82, 2.24) is 5.32 Å². The van der Waals surface area contributed by atoms with Crippen LogP contribution >= 0.6 is 0 Å². The lowest BCUT2D eigenvalue weighted by atomic mass is 10.1. The Morgan fingerprint density at radius 2 is 1.93 bits per heavy atom. The maximum absolute atomic E-state index is 11.4. The van der Waals surface area contributed by atoms with Gasteiger partial charge in [0.2, 0.25) is 0 Å². The van der Waals surface area contributed by atoms with E-state index in [4.69, 9.17) is 0 Å². The second-order valence-corrected chi connectivity index (χ2v) is 3.93. The molecule has 2 amide bonds. The van der Waals surface area contributed by atoms with Crippen LogP contribution in [-0.2, 0) is 0 Å². The predicted molar refractivity (Wildman–Crippen MR) is 62.9 cm³/mol. The lowest BCUT2D eigenvalue weighted by Gasteiger charge is -2.08. The molecule has 0 heterocycles. The number of urea groups is 1. The number of hydrogen-bond donors (Lipinski definition) is 2. The van der Waals surface area contributed by atoms with Crippen molar-refractivity contribution < 1.29 is 4.79 Å². The average Bonchev–Trinajstić information content (AvgIpc) is 2.18. The molecule has 3 heteroatoms. The van der Waals surface area contributed by atoms with Crippen molar-refractivity contribution in [2.24, 2.45) is 5.92 Å². The number of carbonyl (C=O) groups excluding carboxylic acids is 1. The molecule has 1 aromatic carbocycles. The van der Waals surface area contributed by atoms with E-state index in [0.717, 1.165) is 18.7 Å². The molecule has 3 nitrogen and oxygen atoms in total. The largest absolute Gasteiger partial charge is 0.338 e. The Morgan fingerprint density at radius 3 is 2.53 bits per heavy atom. The van der Waals surface area contributed by atoms with Crippen molar-refractivity contribution >= 4 is 11.7 Å². The Bertz CT molecular complexity index is 296. The summed E-state index contributed by atoms with van der Waals surface area (Å²) in [5.74, 6) is 0.613. The summed E-state index contributed by atoms with van der Waals surface area (Å²) in [6.45, 7) is 4.99.